The normalized spacial score (nSPS) is 23.2. The second-order valence-corrected chi connectivity index (χ2v) is 3.55. The first kappa shape index (κ1) is 10.0. The lowest BCUT2D eigenvalue weighted by Crippen LogP contribution is -2.22. The highest BCUT2D eigenvalue weighted by Crippen LogP contribution is 2.08. The van der Waals surface area contributed by atoms with Crippen molar-refractivity contribution in [3.05, 3.63) is 0 Å². The fourth-order valence-corrected chi connectivity index (χ4v) is 1.58. The third-order valence-electron chi connectivity index (χ3n) is 2.42. The number of ether oxygens (including phenoxy) is 1. The maximum atomic E-state index is 5.50. The van der Waals surface area contributed by atoms with Crippen LogP contribution in [0.2, 0.25) is 0 Å². The van der Waals surface area contributed by atoms with Gasteiger partial charge in [0, 0.05) is 19.3 Å². The van der Waals surface area contributed by atoms with E-state index in [2.05, 4.69) is 12.2 Å². The summed E-state index contributed by atoms with van der Waals surface area (Å²) in [6, 6.07) is 0.742. The van der Waals surface area contributed by atoms with E-state index in [4.69, 9.17) is 4.74 Å². The van der Waals surface area contributed by atoms with E-state index in [-0.39, 0.29) is 0 Å². The van der Waals surface area contributed by atoms with Crippen molar-refractivity contribution in [1.82, 2.24) is 5.32 Å². The van der Waals surface area contributed by atoms with Gasteiger partial charge in [0.25, 0.3) is 0 Å². The lowest BCUT2D eigenvalue weighted by Gasteiger charge is -2.09. The molecule has 12 heavy (non-hydrogen) atoms. The molecule has 0 bridgehead atoms. The zero-order valence-corrected chi connectivity index (χ0v) is 8.14. The SMILES string of the molecule is CCCCOCCC1CCCN1. The summed E-state index contributed by atoms with van der Waals surface area (Å²) in [5.41, 5.74) is 0. The zero-order chi connectivity index (χ0) is 8.65. The predicted molar refractivity (Wildman–Crippen MR) is 51.4 cm³/mol. The number of rotatable bonds is 6. The third-order valence-corrected chi connectivity index (χ3v) is 2.42. The van der Waals surface area contributed by atoms with Gasteiger partial charge in [0.2, 0.25) is 0 Å². The summed E-state index contributed by atoms with van der Waals surface area (Å²) < 4.78 is 5.50. The minimum atomic E-state index is 0.742. The second-order valence-electron chi connectivity index (χ2n) is 3.55. The van der Waals surface area contributed by atoms with Crippen LogP contribution < -0.4 is 5.32 Å². The predicted octanol–water partition coefficient (Wildman–Crippen LogP) is 1.95. The van der Waals surface area contributed by atoms with Crippen LogP contribution in [-0.2, 0) is 4.74 Å². The Balaban J connectivity index is 1.81. The van der Waals surface area contributed by atoms with Crippen molar-refractivity contribution in [3.8, 4) is 0 Å². The van der Waals surface area contributed by atoms with E-state index in [1.165, 1.54) is 38.6 Å². The Hall–Kier alpha value is -0.0800. The summed E-state index contributed by atoms with van der Waals surface area (Å²) >= 11 is 0. The van der Waals surface area contributed by atoms with Gasteiger partial charge in [-0.25, -0.2) is 0 Å². The van der Waals surface area contributed by atoms with E-state index in [0.29, 0.717) is 0 Å². The van der Waals surface area contributed by atoms with Crippen LogP contribution in [0.15, 0.2) is 0 Å². The topological polar surface area (TPSA) is 21.3 Å². The Morgan fingerprint density at radius 1 is 1.42 bits per heavy atom. The monoisotopic (exact) mass is 171 g/mol. The van der Waals surface area contributed by atoms with Crippen LogP contribution >= 0.6 is 0 Å². The fourth-order valence-electron chi connectivity index (χ4n) is 1.58. The quantitative estimate of drug-likeness (QED) is 0.617. The lowest BCUT2D eigenvalue weighted by molar-refractivity contribution is 0.123. The molecule has 0 aromatic rings. The Bertz CT molecular complexity index is 100. The molecule has 0 amide bonds. The first-order chi connectivity index (χ1) is 5.93. The average molecular weight is 171 g/mol. The summed E-state index contributed by atoms with van der Waals surface area (Å²) in [5, 5.41) is 3.47. The highest BCUT2D eigenvalue weighted by molar-refractivity contribution is 4.73. The molecule has 1 aliphatic rings. The molecule has 1 saturated heterocycles. The van der Waals surface area contributed by atoms with Gasteiger partial charge in [-0.3, -0.25) is 0 Å². The van der Waals surface area contributed by atoms with Gasteiger partial charge in [-0.15, -0.1) is 0 Å². The Kier molecular flexibility index (Phi) is 5.37. The van der Waals surface area contributed by atoms with Crippen LogP contribution in [-0.4, -0.2) is 25.8 Å². The van der Waals surface area contributed by atoms with Gasteiger partial charge >= 0.3 is 0 Å². The average Bonchev–Trinajstić information content (AvgIpc) is 2.57. The van der Waals surface area contributed by atoms with E-state index in [1.54, 1.807) is 0 Å². The maximum Gasteiger partial charge on any atom is 0.0480 e. The number of hydrogen-bond acceptors (Lipinski definition) is 2. The molecule has 72 valence electrons. The molecule has 2 nitrogen and oxygen atoms in total. The Morgan fingerprint density at radius 2 is 2.33 bits per heavy atom. The summed E-state index contributed by atoms with van der Waals surface area (Å²) in [7, 11) is 0. The second kappa shape index (κ2) is 6.44. The highest BCUT2D eigenvalue weighted by Gasteiger charge is 2.12. The molecule has 0 saturated carbocycles. The molecule has 0 spiro atoms. The smallest absolute Gasteiger partial charge is 0.0480 e. The third kappa shape index (κ3) is 4.07. The zero-order valence-electron chi connectivity index (χ0n) is 8.14. The van der Waals surface area contributed by atoms with E-state index >= 15 is 0 Å². The van der Waals surface area contributed by atoms with E-state index < -0.39 is 0 Å². The first-order valence-corrected chi connectivity index (χ1v) is 5.24. The van der Waals surface area contributed by atoms with Crippen LogP contribution in [0.5, 0.6) is 0 Å². The van der Waals surface area contributed by atoms with Gasteiger partial charge in [-0.2, -0.15) is 0 Å². The molecule has 0 radical (unpaired) electrons. The van der Waals surface area contributed by atoms with E-state index in [9.17, 15) is 0 Å². The Labute approximate surface area is 75.7 Å². The summed E-state index contributed by atoms with van der Waals surface area (Å²) in [6.45, 7) is 5.29. The fraction of sp³-hybridized carbons (Fsp3) is 1.00. The first-order valence-electron chi connectivity index (χ1n) is 5.24. The molecule has 1 aliphatic heterocycles. The van der Waals surface area contributed by atoms with Gasteiger partial charge < -0.3 is 10.1 Å². The molecule has 1 N–H and O–H groups in total. The van der Waals surface area contributed by atoms with Crippen LogP contribution in [0.25, 0.3) is 0 Å². The van der Waals surface area contributed by atoms with Crippen molar-refractivity contribution < 1.29 is 4.74 Å². The maximum absolute atomic E-state index is 5.50. The molecule has 0 aromatic carbocycles. The van der Waals surface area contributed by atoms with Crippen LogP contribution in [0.1, 0.15) is 39.0 Å². The van der Waals surface area contributed by atoms with Crippen molar-refractivity contribution in [2.24, 2.45) is 0 Å². The molecular formula is C10H21NO. The van der Waals surface area contributed by atoms with Crippen molar-refractivity contribution in [1.29, 1.82) is 0 Å². The summed E-state index contributed by atoms with van der Waals surface area (Å²) in [4.78, 5) is 0. The number of unbranched alkanes of at least 4 members (excludes halogenated alkanes) is 1. The molecule has 1 fully saturated rings. The van der Waals surface area contributed by atoms with Crippen LogP contribution in [0, 0.1) is 0 Å². The highest BCUT2D eigenvalue weighted by atomic mass is 16.5. The molecule has 2 heteroatoms. The van der Waals surface area contributed by atoms with Crippen LogP contribution in [0.3, 0.4) is 0 Å². The van der Waals surface area contributed by atoms with Gasteiger partial charge in [-0.05, 0) is 32.2 Å². The van der Waals surface area contributed by atoms with E-state index in [0.717, 1.165) is 19.3 Å². The Morgan fingerprint density at radius 3 is 3.00 bits per heavy atom. The molecule has 1 atom stereocenters. The molecule has 1 heterocycles. The molecule has 1 rings (SSSR count). The van der Waals surface area contributed by atoms with Crippen molar-refractivity contribution in [2.45, 2.75) is 45.1 Å². The van der Waals surface area contributed by atoms with Crippen molar-refractivity contribution >= 4 is 0 Å². The van der Waals surface area contributed by atoms with Gasteiger partial charge in [-0.1, -0.05) is 13.3 Å². The van der Waals surface area contributed by atoms with Crippen LogP contribution in [0.4, 0.5) is 0 Å². The van der Waals surface area contributed by atoms with Crippen molar-refractivity contribution in [3.63, 3.8) is 0 Å². The molecule has 1 unspecified atom stereocenters. The number of hydrogen-bond donors (Lipinski definition) is 1. The summed E-state index contributed by atoms with van der Waals surface area (Å²) in [6.07, 6.45) is 6.33. The van der Waals surface area contributed by atoms with Crippen molar-refractivity contribution in [2.75, 3.05) is 19.8 Å². The van der Waals surface area contributed by atoms with Gasteiger partial charge in [0.1, 0.15) is 0 Å². The lowest BCUT2D eigenvalue weighted by atomic mass is 10.2. The molecule has 0 aromatic heterocycles. The minimum Gasteiger partial charge on any atom is -0.381 e. The van der Waals surface area contributed by atoms with E-state index in [1.807, 2.05) is 0 Å². The molecular weight excluding hydrogens is 150 g/mol. The summed E-state index contributed by atoms with van der Waals surface area (Å²) in [5.74, 6) is 0. The molecule has 0 aliphatic carbocycles. The minimum absolute atomic E-state index is 0.742. The number of nitrogens with one attached hydrogen (secondary N) is 1. The van der Waals surface area contributed by atoms with Gasteiger partial charge in [0.15, 0.2) is 0 Å². The van der Waals surface area contributed by atoms with Gasteiger partial charge in [0.05, 0.1) is 0 Å². The largest absolute Gasteiger partial charge is 0.381 e. The standard InChI is InChI=1S/C10H21NO/c1-2-3-8-12-9-6-10-5-4-7-11-10/h10-11H,2-9H2,1H3.